The van der Waals surface area contributed by atoms with E-state index in [4.69, 9.17) is 0 Å². The first-order valence-corrected chi connectivity index (χ1v) is 5.36. The summed E-state index contributed by atoms with van der Waals surface area (Å²) in [5.41, 5.74) is 0.734. The summed E-state index contributed by atoms with van der Waals surface area (Å²) in [5.74, 6) is -0.623. The van der Waals surface area contributed by atoms with Gasteiger partial charge in [-0.3, -0.25) is 4.79 Å². The number of methoxy groups -OCH3 is 1. The molecule has 1 aromatic rings. The van der Waals surface area contributed by atoms with E-state index in [1.54, 1.807) is 19.4 Å². The second-order valence-corrected chi connectivity index (χ2v) is 3.78. The summed E-state index contributed by atoms with van der Waals surface area (Å²) in [6.45, 7) is 4.46. The highest BCUT2D eigenvalue weighted by Gasteiger charge is 2.20. The first-order valence-electron chi connectivity index (χ1n) is 5.36. The van der Waals surface area contributed by atoms with Gasteiger partial charge in [0.15, 0.2) is 0 Å². The second-order valence-electron chi connectivity index (χ2n) is 3.78. The number of rotatable bonds is 5. The van der Waals surface area contributed by atoms with Crippen LogP contribution in [-0.2, 0) is 16.1 Å². The second kappa shape index (κ2) is 5.65. The van der Waals surface area contributed by atoms with Crippen LogP contribution in [-0.4, -0.2) is 27.7 Å². The van der Waals surface area contributed by atoms with Crippen molar-refractivity contribution in [1.82, 2.24) is 9.55 Å². The van der Waals surface area contributed by atoms with Gasteiger partial charge in [-0.1, -0.05) is 6.92 Å². The Labute approximate surface area is 95.1 Å². The molecule has 5 heteroatoms. The molecule has 0 bridgehead atoms. The molecule has 2 unspecified atom stereocenters. The van der Waals surface area contributed by atoms with Crippen molar-refractivity contribution >= 4 is 5.97 Å². The zero-order valence-corrected chi connectivity index (χ0v) is 9.88. The van der Waals surface area contributed by atoms with Gasteiger partial charge in [-0.15, -0.1) is 0 Å². The van der Waals surface area contributed by atoms with E-state index in [2.05, 4.69) is 9.72 Å². The number of hydrogen-bond donors (Lipinski definition) is 1. The maximum atomic E-state index is 11.2. The van der Waals surface area contributed by atoms with E-state index in [-0.39, 0.29) is 11.9 Å². The molecule has 1 N–H and O–H groups in total. The molecular formula is C11H18N2O3. The van der Waals surface area contributed by atoms with Crippen LogP contribution in [0.15, 0.2) is 12.5 Å². The highest BCUT2D eigenvalue weighted by molar-refractivity contribution is 5.71. The Morgan fingerprint density at radius 1 is 1.69 bits per heavy atom. The van der Waals surface area contributed by atoms with Gasteiger partial charge in [0.2, 0.25) is 0 Å². The lowest BCUT2D eigenvalue weighted by Gasteiger charge is -2.15. The van der Waals surface area contributed by atoms with E-state index in [9.17, 15) is 9.90 Å². The number of aliphatic hydroxyl groups excluding tert-OH is 1. The molecule has 1 aromatic heterocycles. The molecule has 0 aliphatic rings. The number of ether oxygens (including phenoxy) is 1. The normalized spacial score (nSPS) is 14.5. The fraction of sp³-hybridized carbons (Fsp3) is 0.636. The van der Waals surface area contributed by atoms with Crippen molar-refractivity contribution in [2.75, 3.05) is 7.11 Å². The fourth-order valence-corrected chi connectivity index (χ4v) is 1.63. The van der Waals surface area contributed by atoms with Crippen LogP contribution in [0, 0.1) is 5.92 Å². The summed E-state index contributed by atoms with van der Waals surface area (Å²) in [5, 5.41) is 9.97. The standard InChI is InChI=1S/C11H18N2O3/c1-4-13-7-12-6-9(13)10(14)5-8(2)11(15)16-3/h6-8,10,14H,4-5H2,1-3H3. The lowest BCUT2D eigenvalue weighted by atomic mass is 10.0. The molecule has 1 heterocycles. The number of esters is 1. The van der Waals surface area contributed by atoms with Gasteiger partial charge in [0.05, 0.1) is 37.3 Å². The molecule has 0 aliphatic carbocycles. The lowest BCUT2D eigenvalue weighted by molar-refractivity contribution is -0.145. The molecule has 0 radical (unpaired) electrons. The summed E-state index contributed by atoms with van der Waals surface area (Å²) in [4.78, 5) is 15.2. The summed E-state index contributed by atoms with van der Waals surface area (Å²) >= 11 is 0. The SMILES string of the molecule is CCn1cncc1C(O)CC(C)C(=O)OC. The van der Waals surface area contributed by atoms with E-state index in [0.717, 1.165) is 12.2 Å². The maximum Gasteiger partial charge on any atom is 0.308 e. The predicted octanol–water partition coefficient (Wildman–Crippen LogP) is 1.14. The van der Waals surface area contributed by atoms with Crippen LogP contribution in [0.25, 0.3) is 0 Å². The van der Waals surface area contributed by atoms with Crippen LogP contribution < -0.4 is 0 Å². The van der Waals surface area contributed by atoms with Gasteiger partial charge in [0.1, 0.15) is 0 Å². The number of aromatic nitrogens is 2. The largest absolute Gasteiger partial charge is 0.469 e. The minimum Gasteiger partial charge on any atom is -0.469 e. The smallest absolute Gasteiger partial charge is 0.308 e. The van der Waals surface area contributed by atoms with Gasteiger partial charge in [0, 0.05) is 6.54 Å². The van der Waals surface area contributed by atoms with Crippen LogP contribution >= 0.6 is 0 Å². The molecule has 2 atom stereocenters. The molecule has 0 fully saturated rings. The van der Waals surface area contributed by atoms with Crippen molar-refractivity contribution in [3.63, 3.8) is 0 Å². The predicted molar refractivity (Wildman–Crippen MR) is 58.7 cm³/mol. The molecule has 0 aromatic carbocycles. The molecule has 0 spiro atoms. The molecule has 0 amide bonds. The fourth-order valence-electron chi connectivity index (χ4n) is 1.63. The summed E-state index contributed by atoms with van der Waals surface area (Å²) < 4.78 is 6.47. The van der Waals surface area contributed by atoms with Crippen molar-refractivity contribution in [3.8, 4) is 0 Å². The molecule has 90 valence electrons. The number of carbonyl (C=O) groups is 1. The Bertz CT molecular complexity index is 349. The average molecular weight is 226 g/mol. The first kappa shape index (κ1) is 12.7. The highest BCUT2D eigenvalue weighted by Crippen LogP contribution is 2.21. The molecule has 1 rings (SSSR count). The summed E-state index contributed by atoms with van der Waals surface area (Å²) in [7, 11) is 1.35. The quantitative estimate of drug-likeness (QED) is 0.764. The van der Waals surface area contributed by atoms with Gasteiger partial charge >= 0.3 is 5.97 Å². The molecule has 0 saturated carbocycles. The van der Waals surface area contributed by atoms with Gasteiger partial charge in [0.25, 0.3) is 0 Å². The zero-order chi connectivity index (χ0) is 12.1. The van der Waals surface area contributed by atoms with Crippen molar-refractivity contribution in [2.24, 2.45) is 5.92 Å². The Morgan fingerprint density at radius 3 is 2.94 bits per heavy atom. The number of hydrogen-bond acceptors (Lipinski definition) is 4. The van der Waals surface area contributed by atoms with Crippen LogP contribution in [0.3, 0.4) is 0 Å². The number of nitrogens with zero attached hydrogens (tertiary/aromatic N) is 2. The lowest BCUT2D eigenvalue weighted by Crippen LogP contribution is -2.17. The number of aryl methyl sites for hydroxylation is 1. The van der Waals surface area contributed by atoms with Gasteiger partial charge < -0.3 is 14.4 Å². The summed E-state index contributed by atoms with van der Waals surface area (Å²) in [6, 6.07) is 0. The van der Waals surface area contributed by atoms with Crippen LogP contribution in [0.2, 0.25) is 0 Å². The van der Waals surface area contributed by atoms with Crippen LogP contribution in [0.4, 0.5) is 0 Å². The first-order chi connectivity index (χ1) is 7.60. The zero-order valence-electron chi connectivity index (χ0n) is 9.88. The monoisotopic (exact) mass is 226 g/mol. The third-order valence-corrected chi connectivity index (χ3v) is 2.61. The molecular weight excluding hydrogens is 208 g/mol. The van der Waals surface area contributed by atoms with Crippen molar-refractivity contribution in [3.05, 3.63) is 18.2 Å². The Morgan fingerprint density at radius 2 is 2.38 bits per heavy atom. The maximum absolute atomic E-state index is 11.2. The van der Waals surface area contributed by atoms with Crippen molar-refractivity contribution in [2.45, 2.75) is 32.9 Å². The van der Waals surface area contributed by atoms with Crippen molar-refractivity contribution < 1.29 is 14.6 Å². The van der Waals surface area contributed by atoms with E-state index < -0.39 is 6.10 Å². The van der Waals surface area contributed by atoms with E-state index in [0.29, 0.717) is 6.42 Å². The molecule has 0 saturated heterocycles. The van der Waals surface area contributed by atoms with E-state index in [1.807, 2.05) is 11.5 Å². The van der Waals surface area contributed by atoms with Gasteiger partial charge in [-0.2, -0.15) is 0 Å². The highest BCUT2D eigenvalue weighted by atomic mass is 16.5. The third-order valence-electron chi connectivity index (χ3n) is 2.61. The van der Waals surface area contributed by atoms with E-state index >= 15 is 0 Å². The molecule has 16 heavy (non-hydrogen) atoms. The van der Waals surface area contributed by atoms with E-state index in [1.165, 1.54) is 7.11 Å². The number of carbonyl (C=O) groups excluding carboxylic acids is 1. The average Bonchev–Trinajstić information content (AvgIpc) is 2.75. The molecule has 5 nitrogen and oxygen atoms in total. The van der Waals surface area contributed by atoms with Crippen LogP contribution in [0.5, 0.6) is 0 Å². The topological polar surface area (TPSA) is 64.3 Å². The number of imidazole rings is 1. The van der Waals surface area contributed by atoms with Crippen LogP contribution in [0.1, 0.15) is 32.1 Å². The Balaban J connectivity index is 2.65. The third kappa shape index (κ3) is 2.82. The minimum atomic E-state index is -0.684. The van der Waals surface area contributed by atoms with Crippen molar-refractivity contribution in [1.29, 1.82) is 0 Å². The molecule has 0 aliphatic heterocycles. The van der Waals surface area contributed by atoms with Gasteiger partial charge in [-0.05, 0) is 13.3 Å². The number of aliphatic hydroxyl groups is 1. The summed E-state index contributed by atoms with van der Waals surface area (Å²) in [6.07, 6.45) is 2.95. The Kier molecular flexibility index (Phi) is 4.49. The minimum absolute atomic E-state index is 0.304. The Hall–Kier alpha value is -1.36. The van der Waals surface area contributed by atoms with Gasteiger partial charge in [-0.25, -0.2) is 4.98 Å².